The number of hydrogen-bond acceptors (Lipinski definition) is 5. The van der Waals surface area contributed by atoms with Gasteiger partial charge in [-0.2, -0.15) is 0 Å². The lowest BCUT2D eigenvalue weighted by Gasteiger charge is -2.14. The predicted molar refractivity (Wildman–Crippen MR) is 104 cm³/mol. The van der Waals surface area contributed by atoms with Crippen LogP contribution in [0.1, 0.15) is 16.0 Å². The second kappa shape index (κ2) is 10.5. The van der Waals surface area contributed by atoms with Gasteiger partial charge in [0.15, 0.2) is 11.5 Å². The third-order valence-electron chi connectivity index (χ3n) is 3.60. The third kappa shape index (κ3) is 5.71. The Labute approximate surface area is 172 Å². The van der Waals surface area contributed by atoms with E-state index in [1.807, 2.05) is 18.2 Å². The van der Waals surface area contributed by atoms with E-state index in [0.29, 0.717) is 18.1 Å². The van der Waals surface area contributed by atoms with Gasteiger partial charge in [-0.3, -0.25) is 4.98 Å². The molecule has 138 valence electrons. The van der Waals surface area contributed by atoms with Crippen molar-refractivity contribution in [3.05, 3.63) is 74.6 Å². The van der Waals surface area contributed by atoms with E-state index in [1.54, 1.807) is 30.8 Å². The SMILES string of the molecule is COc1cc(CNCc2cccs2)cc(Br)c1OCc1cccnc1.[Cl-]. The van der Waals surface area contributed by atoms with Gasteiger partial charge in [-0.15, -0.1) is 11.3 Å². The molecule has 0 aliphatic rings. The molecule has 3 aromatic rings. The van der Waals surface area contributed by atoms with Crippen LogP contribution >= 0.6 is 27.3 Å². The fourth-order valence-corrected chi connectivity index (χ4v) is 3.68. The highest BCUT2D eigenvalue weighted by atomic mass is 79.9. The molecule has 0 saturated heterocycles. The van der Waals surface area contributed by atoms with Crippen molar-refractivity contribution in [1.82, 2.24) is 10.3 Å². The number of hydrogen-bond donors (Lipinski definition) is 1. The average Bonchev–Trinajstić information content (AvgIpc) is 3.15. The number of nitrogens with one attached hydrogen (secondary N) is 1. The Balaban J connectivity index is 0.00000243. The molecule has 7 heteroatoms. The first kappa shape index (κ1) is 20.7. The Bertz CT molecular complexity index is 801. The van der Waals surface area contributed by atoms with Crippen molar-refractivity contribution in [2.45, 2.75) is 19.7 Å². The molecule has 0 unspecified atom stereocenters. The zero-order valence-electron chi connectivity index (χ0n) is 14.2. The van der Waals surface area contributed by atoms with Crippen molar-refractivity contribution in [2.24, 2.45) is 0 Å². The first-order valence-electron chi connectivity index (χ1n) is 7.87. The van der Waals surface area contributed by atoms with Crippen molar-refractivity contribution in [1.29, 1.82) is 0 Å². The number of aromatic nitrogens is 1. The Morgan fingerprint density at radius 2 is 2.04 bits per heavy atom. The molecule has 26 heavy (non-hydrogen) atoms. The number of methoxy groups -OCH3 is 1. The second-order valence-electron chi connectivity index (χ2n) is 5.44. The highest BCUT2D eigenvalue weighted by Crippen LogP contribution is 2.37. The molecule has 0 spiro atoms. The molecule has 3 rings (SSSR count). The number of pyridine rings is 1. The molecule has 0 fully saturated rings. The Morgan fingerprint density at radius 1 is 1.15 bits per heavy atom. The van der Waals surface area contributed by atoms with E-state index in [9.17, 15) is 0 Å². The molecule has 0 atom stereocenters. The van der Waals surface area contributed by atoms with Crippen LogP contribution < -0.4 is 27.2 Å². The monoisotopic (exact) mass is 453 g/mol. The maximum Gasteiger partial charge on any atom is 0.175 e. The van der Waals surface area contributed by atoms with Gasteiger partial charge < -0.3 is 27.2 Å². The zero-order chi connectivity index (χ0) is 17.5. The normalized spacial score (nSPS) is 10.2. The summed E-state index contributed by atoms with van der Waals surface area (Å²) < 4.78 is 12.3. The summed E-state index contributed by atoms with van der Waals surface area (Å²) in [6, 6.07) is 12.1. The van der Waals surface area contributed by atoms with Crippen LogP contribution in [-0.2, 0) is 19.7 Å². The average molecular weight is 455 g/mol. The molecular formula is C19H19BrClN2O2S-. The van der Waals surface area contributed by atoms with Crippen LogP contribution in [0.5, 0.6) is 11.5 Å². The van der Waals surface area contributed by atoms with Crippen LogP contribution in [0.3, 0.4) is 0 Å². The summed E-state index contributed by atoms with van der Waals surface area (Å²) in [6.07, 6.45) is 3.54. The molecule has 0 radical (unpaired) electrons. The molecule has 0 saturated carbocycles. The summed E-state index contributed by atoms with van der Waals surface area (Å²) in [6.45, 7) is 2.06. The van der Waals surface area contributed by atoms with Crippen LogP contribution in [0.4, 0.5) is 0 Å². The van der Waals surface area contributed by atoms with Gasteiger partial charge in [0, 0.05) is 35.9 Å². The lowest BCUT2D eigenvalue weighted by molar-refractivity contribution is -0.00000549. The molecule has 4 nitrogen and oxygen atoms in total. The topological polar surface area (TPSA) is 43.4 Å². The van der Waals surface area contributed by atoms with Gasteiger partial charge in [-0.05, 0) is 51.1 Å². The van der Waals surface area contributed by atoms with E-state index in [2.05, 4.69) is 49.8 Å². The molecule has 0 aliphatic heterocycles. The highest BCUT2D eigenvalue weighted by Gasteiger charge is 2.12. The van der Waals surface area contributed by atoms with Crippen molar-refractivity contribution in [3.63, 3.8) is 0 Å². The standard InChI is InChI=1S/C19H19BrN2O2S.ClH/c1-23-18-9-15(11-22-12-16-5-3-7-25-16)8-17(20)19(18)24-13-14-4-2-6-21-10-14;/h2-10,22H,11-13H2,1H3;1H/p-1. The lowest BCUT2D eigenvalue weighted by atomic mass is 10.2. The van der Waals surface area contributed by atoms with E-state index in [0.717, 1.165) is 28.7 Å². The highest BCUT2D eigenvalue weighted by molar-refractivity contribution is 9.10. The van der Waals surface area contributed by atoms with Crippen molar-refractivity contribution in [3.8, 4) is 11.5 Å². The van der Waals surface area contributed by atoms with Crippen LogP contribution in [0.2, 0.25) is 0 Å². The van der Waals surface area contributed by atoms with Gasteiger partial charge in [-0.1, -0.05) is 12.1 Å². The third-order valence-corrected chi connectivity index (χ3v) is 5.07. The minimum atomic E-state index is 0. The maximum atomic E-state index is 5.93. The first-order valence-corrected chi connectivity index (χ1v) is 9.54. The van der Waals surface area contributed by atoms with Crippen LogP contribution in [-0.4, -0.2) is 12.1 Å². The number of ether oxygens (including phenoxy) is 2. The maximum absolute atomic E-state index is 5.93. The van der Waals surface area contributed by atoms with Crippen molar-refractivity contribution < 1.29 is 21.9 Å². The fourth-order valence-electron chi connectivity index (χ4n) is 2.40. The minimum absolute atomic E-state index is 0. The smallest absolute Gasteiger partial charge is 0.175 e. The second-order valence-corrected chi connectivity index (χ2v) is 7.33. The predicted octanol–water partition coefficient (Wildman–Crippen LogP) is 1.79. The minimum Gasteiger partial charge on any atom is -1.00 e. The molecule has 0 amide bonds. The largest absolute Gasteiger partial charge is 1.00 e. The van der Waals surface area contributed by atoms with Crippen molar-refractivity contribution >= 4 is 27.3 Å². The molecule has 1 N–H and O–H groups in total. The van der Waals surface area contributed by atoms with E-state index >= 15 is 0 Å². The van der Waals surface area contributed by atoms with Crippen LogP contribution in [0, 0.1) is 0 Å². The van der Waals surface area contributed by atoms with Gasteiger partial charge in [0.05, 0.1) is 11.6 Å². The van der Waals surface area contributed by atoms with Gasteiger partial charge in [0.1, 0.15) is 6.61 Å². The van der Waals surface area contributed by atoms with Gasteiger partial charge >= 0.3 is 0 Å². The summed E-state index contributed by atoms with van der Waals surface area (Å²) in [5, 5.41) is 5.53. The van der Waals surface area contributed by atoms with E-state index in [4.69, 9.17) is 9.47 Å². The van der Waals surface area contributed by atoms with Gasteiger partial charge in [0.2, 0.25) is 0 Å². The van der Waals surface area contributed by atoms with Gasteiger partial charge in [-0.25, -0.2) is 0 Å². The molecule has 2 heterocycles. The zero-order valence-corrected chi connectivity index (χ0v) is 17.4. The number of nitrogens with zero attached hydrogens (tertiary/aromatic N) is 1. The number of rotatable bonds is 8. The molecule has 1 aromatic carbocycles. The summed E-state index contributed by atoms with van der Waals surface area (Å²) in [5.74, 6) is 1.42. The van der Waals surface area contributed by atoms with Crippen LogP contribution in [0.25, 0.3) is 0 Å². The van der Waals surface area contributed by atoms with E-state index in [1.165, 1.54) is 4.88 Å². The van der Waals surface area contributed by atoms with E-state index in [-0.39, 0.29) is 12.4 Å². The molecular weight excluding hydrogens is 436 g/mol. The Kier molecular flexibility index (Phi) is 8.38. The molecule has 2 aromatic heterocycles. The summed E-state index contributed by atoms with van der Waals surface area (Å²) >= 11 is 5.35. The summed E-state index contributed by atoms with van der Waals surface area (Å²) in [7, 11) is 1.65. The quantitative estimate of drug-likeness (QED) is 0.564. The molecule has 0 bridgehead atoms. The fraction of sp³-hybridized carbons (Fsp3) is 0.211. The van der Waals surface area contributed by atoms with Gasteiger partial charge in [0.25, 0.3) is 0 Å². The number of halogens is 2. The number of thiophene rings is 1. The van der Waals surface area contributed by atoms with Crippen molar-refractivity contribution in [2.75, 3.05) is 7.11 Å². The van der Waals surface area contributed by atoms with Crippen LogP contribution in [0.15, 0.2) is 58.6 Å². The summed E-state index contributed by atoms with van der Waals surface area (Å²) in [4.78, 5) is 5.42. The summed E-state index contributed by atoms with van der Waals surface area (Å²) in [5.41, 5.74) is 2.15. The molecule has 0 aliphatic carbocycles. The Hall–Kier alpha value is -1.60. The number of benzene rings is 1. The first-order chi connectivity index (χ1) is 12.3. The Morgan fingerprint density at radius 3 is 2.73 bits per heavy atom. The van der Waals surface area contributed by atoms with E-state index < -0.39 is 0 Å². The lowest BCUT2D eigenvalue weighted by Crippen LogP contribution is -3.00.